The first-order chi connectivity index (χ1) is 4.29. The highest BCUT2D eigenvalue weighted by molar-refractivity contribution is 9.11. The van der Waals surface area contributed by atoms with E-state index in [9.17, 15) is 0 Å². The van der Waals surface area contributed by atoms with Crippen molar-refractivity contribution in [2.45, 2.75) is 6.54 Å². The maximum Gasteiger partial charge on any atom is 0.137 e. The van der Waals surface area contributed by atoms with Crippen molar-refractivity contribution in [2.75, 3.05) is 0 Å². The van der Waals surface area contributed by atoms with E-state index in [1.54, 1.807) is 11.0 Å². The fourth-order valence-electron chi connectivity index (χ4n) is 0.490. The first kappa shape index (κ1) is 6.48. The molecular formula is C5H6BrN3. The van der Waals surface area contributed by atoms with E-state index in [4.69, 9.17) is 0 Å². The lowest BCUT2D eigenvalue weighted by atomic mass is 10.6. The van der Waals surface area contributed by atoms with Gasteiger partial charge in [-0.3, -0.25) is 0 Å². The highest BCUT2D eigenvalue weighted by atomic mass is 79.9. The molecule has 0 saturated heterocycles. The molecular weight excluding hydrogens is 182 g/mol. The van der Waals surface area contributed by atoms with Crippen molar-refractivity contribution in [3.8, 4) is 0 Å². The van der Waals surface area contributed by atoms with Gasteiger partial charge in [0.25, 0.3) is 0 Å². The van der Waals surface area contributed by atoms with E-state index >= 15 is 0 Å². The quantitative estimate of drug-likeness (QED) is 0.697. The third-order valence-corrected chi connectivity index (χ3v) is 1.05. The molecule has 0 saturated carbocycles. The zero-order valence-electron chi connectivity index (χ0n) is 4.79. The molecule has 0 aromatic carbocycles. The predicted octanol–water partition coefficient (Wildman–Crippen LogP) is 1.19. The first-order valence-electron chi connectivity index (χ1n) is 2.45. The van der Waals surface area contributed by atoms with Crippen LogP contribution in [0.3, 0.4) is 0 Å². The Morgan fingerprint density at radius 1 is 1.78 bits per heavy atom. The van der Waals surface area contributed by atoms with Gasteiger partial charge in [0.1, 0.15) is 12.7 Å². The fraction of sp³-hybridized carbons (Fsp3) is 0.200. The van der Waals surface area contributed by atoms with Gasteiger partial charge in [-0.05, 0) is 0 Å². The lowest BCUT2D eigenvalue weighted by Gasteiger charge is -1.93. The van der Waals surface area contributed by atoms with E-state index in [2.05, 4.69) is 32.6 Å². The van der Waals surface area contributed by atoms with Gasteiger partial charge < -0.3 is 0 Å². The Morgan fingerprint density at radius 3 is 3.00 bits per heavy atom. The van der Waals surface area contributed by atoms with Crippen LogP contribution in [0.25, 0.3) is 0 Å². The smallest absolute Gasteiger partial charge is 0.137 e. The summed E-state index contributed by atoms with van der Waals surface area (Å²) in [4.78, 5) is 3.77. The molecule has 0 N–H and O–H groups in total. The average Bonchev–Trinajstić information content (AvgIpc) is 2.15. The molecule has 0 amide bonds. The number of halogens is 1. The summed E-state index contributed by atoms with van der Waals surface area (Å²) in [5, 5.41) is 3.87. The van der Waals surface area contributed by atoms with Gasteiger partial charge in [0.05, 0.1) is 6.54 Å². The van der Waals surface area contributed by atoms with Crippen LogP contribution in [0, 0.1) is 0 Å². The Morgan fingerprint density at radius 2 is 2.56 bits per heavy atom. The number of aromatic nitrogens is 3. The number of allylic oxidation sites excluding steroid dienone is 1. The molecule has 4 heteroatoms. The Bertz CT molecular complexity index is 192. The second-order valence-corrected chi connectivity index (χ2v) is 2.73. The standard InChI is InChI=1S/C5H6BrN3/c1-5(6)2-9-4-7-3-8-9/h3-4H,1-2H2. The Hall–Kier alpha value is -0.640. The topological polar surface area (TPSA) is 30.7 Å². The number of hydrogen-bond acceptors (Lipinski definition) is 2. The molecule has 0 spiro atoms. The summed E-state index contributed by atoms with van der Waals surface area (Å²) < 4.78 is 2.59. The normalized spacial score (nSPS) is 9.44. The van der Waals surface area contributed by atoms with Gasteiger partial charge in [-0.25, -0.2) is 9.67 Å². The van der Waals surface area contributed by atoms with Gasteiger partial charge in [0.2, 0.25) is 0 Å². The minimum Gasteiger partial charge on any atom is -0.248 e. The maximum atomic E-state index is 3.87. The Balaban J connectivity index is 2.58. The molecule has 1 aromatic rings. The lowest BCUT2D eigenvalue weighted by Crippen LogP contribution is -1.96. The third kappa shape index (κ3) is 1.97. The van der Waals surface area contributed by atoms with Crippen LogP contribution in [0.2, 0.25) is 0 Å². The minimum atomic E-state index is 0.681. The second kappa shape index (κ2) is 2.77. The molecule has 0 fully saturated rings. The van der Waals surface area contributed by atoms with E-state index in [1.807, 2.05) is 0 Å². The molecule has 3 nitrogen and oxygen atoms in total. The first-order valence-corrected chi connectivity index (χ1v) is 3.24. The van der Waals surface area contributed by atoms with Crippen molar-refractivity contribution in [3.05, 3.63) is 23.7 Å². The molecule has 0 atom stereocenters. The van der Waals surface area contributed by atoms with Gasteiger partial charge in [-0.1, -0.05) is 22.5 Å². The van der Waals surface area contributed by atoms with Gasteiger partial charge in [-0.2, -0.15) is 5.10 Å². The number of rotatable bonds is 2. The molecule has 0 unspecified atom stereocenters. The molecule has 1 aromatic heterocycles. The van der Waals surface area contributed by atoms with E-state index in [0.29, 0.717) is 6.54 Å². The molecule has 9 heavy (non-hydrogen) atoms. The largest absolute Gasteiger partial charge is 0.248 e. The van der Waals surface area contributed by atoms with E-state index in [0.717, 1.165) is 4.48 Å². The van der Waals surface area contributed by atoms with Crippen molar-refractivity contribution in [2.24, 2.45) is 0 Å². The summed E-state index contributed by atoms with van der Waals surface area (Å²) >= 11 is 3.21. The van der Waals surface area contributed by atoms with Crippen LogP contribution in [-0.2, 0) is 6.54 Å². The molecule has 48 valence electrons. The van der Waals surface area contributed by atoms with Gasteiger partial charge in [-0.15, -0.1) is 0 Å². The highest BCUT2D eigenvalue weighted by Gasteiger charge is 1.89. The third-order valence-electron chi connectivity index (χ3n) is 0.800. The monoisotopic (exact) mass is 187 g/mol. The Kier molecular flexibility index (Phi) is 2.00. The zero-order valence-corrected chi connectivity index (χ0v) is 6.37. The molecule has 0 bridgehead atoms. The van der Waals surface area contributed by atoms with Crippen molar-refractivity contribution in [1.82, 2.24) is 14.8 Å². The van der Waals surface area contributed by atoms with Crippen LogP contribution in [-0.4, -0.2) is 14.8 Å². The lowest BCUT2D eigenvalue weighted by molar-refractivity contribution is 0.696. The summed E-state index contributed by atoms with van der Waals surface area (Å²) in [6, 6.07) is 0. The summed E-state index contributed by atoms with van der Waals surface area (Å²) in [7, 11) is 0. The van der Waals surface area contributed by atoms with Crippen LogP contribution in [0.1, 0.15) is 0 Å². The maximum absolute atomic E-state index is 3.87. The van der Waals surface area contributed by atoms with Crippen LogP contribution in [0.4, 0.5) is 0 Å². The van der Waals surface area contributed by atoms with Crippen LogP contribution in [0.5, 0.6) is 0 Å². The van der Waals surface area contributed by atoms with E-state index in [1.165, 1.54) is 6.33 Å². The molecule has 0 aliphatic rings. The van der Waals surface area contributed by atoms with Gasteiger partial charge in [0.15, 0.2) is 0 Å². The minimum absolute atomic E-state index is 0.681. The number of nitrogens with zero attached hydrogens (tertiary/aromatic N) is 3. The highest BCUT2D eigenvalue weighted by Crippen LogP contribution is 2.01. The summed E-state index contributed by atoms with van der Waals surface area (Å²) in [6.07, 6.45) is 3.14. The molecule has 0 aliphatic carbocycles. The van der Waals surface area contributed by atoms with E-state index < -0.39 is 0 Å². The van der Waals surface area contributed by atoms with Crippen molar-refractivity contribution in [3.63, 3.8) is 0 Å². The van der Waals surface area contributed by atoms with Crippen molar-refractivity contribution >= 4 is 15.9 Å². The molecule has 1 rings (SSSR count). The SMILES string of the molecule is C=C(Br)Cn1cncn1. The number of hydrogen-bond donors (Lipinski definition) is 0. The van der Waals surface area contributed by atoms with Crippen LogP contribution < -0.4 is 0 Å². The van der Waals surface area contributed by atoms with Crippen molar-refractivity contribution in [1.29, 1.82) is 0 Å². The summed E-state index contributed by atoms with van der Waals surface area (Å²) in [5.74, 6) is 0. The summed E-state index contributed by atoms with van der Waals surface area (Å²) in [6.45, 7) is 4.34. The fourth-order valence-corrected chi connectivity index (χ4v) is 0.747. The zero-order chi connectivity index (χ0) is 6.69. The van der Waals surface area contributed by atoms with Crippen LogP contribution in [0.15, 0.2) is 23.7 Å². The second-order valence-electron chi connectivity index (χ2n) is 1.61. The van der Waals surface area contributed by atoms with E-state index in [-0.39, 0.29) is 0 Å². The summed E-state index contributed by atoms with van der Waals surface area (Å²) in [5.41, 5.74) is 0. The molecule has 1 heterocycles. The molecule has 0 aliphatic heterocycles. The van der Waals surface area contributed by atoms with Crippen LogP contribution >= 0.6 is 15.9 Å². The van der Waals surface area contributed by atoms with Crippen molar-refractivity contribution < 1.29 is 0 Å². The van der Waals surface area contributed by atoms with Gasteiger partial charge in [0, 0.05) is 4.48 Å². The van der Waals surface area contributed by atoms with Gasteiger partial charge >= 0.3 is 0 Å². The molecule has 0 radical (unpaired) electrons. The predicted molar refractivity (Wildman–Crippen MR) is 38.1 cm³/mol. The average molecular weight is 188 g/mol. The Labute approximate surface area is 61.5 Å².